The van der Waals surface area contributed by atoms with Crippen LogP contribution in [0.2, 0.25) is 0 Å². The summed E-state index contributed by atoms with van der Waals surface area (Å²) in [5.74, 6) is 0.927. The molecule has 0 spiro atoms. The zero-order valence-electron chi connectivity index (χ0n) is 15.9. The summed E-state index contributed by atoms with van der Waals surface area (Å²) in [6.07, 6.45) is 3.69. The van der Waals surface area contributed by atoms with Gasteiger partial charge in [0.15, 0.2) is 0 Å². The maximum absolute atomic E-state index is 12.2. The van der Waals surface area contributed by atoms with Crippen molar-refractivity contribution >= 4 is 11.7 Å². The van der Waals surface area contributed by atoms with Gasteiger partial charge in [-0.05, 0) is 42.9 Å². The number of carbonyl (C=O) groups excluding carboxylic acids is 1. The highest BCUT2D eigenvalue weighted by Crippen LogP contribution is 2.29. The van der Waals surface area contributed by atoms with E-state index in [1.165, 1.54) is 5.56 Å². The number of anilines is 1. The highest BCUT2D eigenvalue weighted by molar-refractivity contribution is 5.73. The minimum atomic E-state index is -0.560. The Kier molecular flexibility index (Phi) is 6.45. The molecule has 2 aliphatic rings. The molecule has 0 radical (unpaired) electrons. The van der Waals surface area contributed by atoms with E-state index in [9.17, 15) is 4.79 Å². The molecule has 1 aromatic rings. The molecule has 0 bridgehead atoms. The number of nitrogens with one attached hydrogen (secondary N) is 1. The van der Waals surface area contributed by atoms with Crippen LogP contribution >= 0.6 is 0 Å². The molecular weight excluding hydrogens is 334 g/mol. The molecule has 7 nitrogen and oxygen atoms in total. The van der Waals surface area contributed by atoms with E-state index in [0.29, 0.717) is 13.1 Å². The molecule has 7 heteroatoms. The Labute approximate surface area is 155 Å². The topological polar surface area (TPSA) is 72.9 Å². The molecule has 2 aliphatic heterocycles. The van der Waals surface area contributed by atoms with Crippen LogP contribution in [0.25, 0.3) is 0 Å². The van der Waals surface area contributed by atoms with Gasteiger partial charge in [0.2, 0.25) is 12.2 Å². The number of nitrogens with zero attached hydrogens (tertiary/aromatic N) is 2. The lowest BCUT2D eigenvalue weighted by atomic mass is 10.0. The first kappa shape index (κ1) is 19.1. The molecule has 0 aliphatic carbocycles. The van der Waals surface area contributed by atoms with E-state index < -0.39 is 6.29 Å². The summed E-state index contributed by atoms with van der Waals surface area (Å²) in [5, 5.41) is 3.35. The van der Waals surface area contributed by atoms with Crippen molar-refractivity contribution < 1.29 is 19.0 Å². The molecule has 26 heavy (non-hydrogen) atoms. The van der Waals surface area contributed by atoms with Crippen molar-refractivity contribution in [3.63, 3.8) is 0 Å². The van der Waals surface area contributed by atoms with E-state index >= 15 is 0 Å². The Hall–Kier alpha value is -1.70. The van der Waals surface area contributed by atoms with Gasteiger partial charge < -0.3 is 24.4 Å². The molecule has 1 atom stereocenters. The fourth-order valence-corrected chi connectivity index (χ4v) is 3.64. The van der Waals surface area contributed by atoms with Crippen LogP contribution in [0.5, 0.6) is 0 Å². The third-order valence-electron chi connectivity index (χ3n) is 5.04. The van der Waals surface area contributed by atoms with E-state index in [4.69, 9.17) is 19.2 Å². The number of hydrogen-bond acceptors (Lipinski definition) is 6. The average molecular weight is 363 g/mol. The molecular formula is C19H29N3O4. The normalized spacial score (nSPS) is 19.3. The molecule has 1 fully saturated rings. The molecule has 1 amide bonds. The smallest absolute Gasteiger partial charge is 0.219 e. The molecule has 3 rings (SSSR count). The number of amides is 1. The molecule has 0 saturated carbocycles. The summed E-state index contributed by atoms with van der Waals surface area (Å²) in [7, 11) is 3.20. The summed E-state index contributed by atoms with van der Waals surface area (Å²) in [5.41, 5.74) is 2.87. The van der Waals surface area contributed by atoms with Gasteiger partial charge in [0.1, 0.15) is 11.5 Å². The van der Waals surface area contributed by atoms with Crippen LogP contribution in [0.1, 0.15) is 49.3 Å². The van der Waals surface area contributed by atoms with Crippen molar-refractivity contribution in [3.8, 4) is 0 Å². The maximum atomic E-state index is 12.2. The number of hydrogen-bond donors (Lipinski definition) is 1. The summed E-state index contributed by atoms with van der Waals surface area (Å²) in [6.45, 7) is 4.39. The zero-order chi connectivity index (χ0) is 18.5. The molecule has 0 aromatic carbocycles. The predicted molar refractivity (Wildman–Crippen MR) is 97.9 cm³/mol. The standard InChI is InChI=1S/C19H29N3O4/c1-13(23)22(12-16-7-5-9-26-16)11-15-10-14-6-4-8-20-18(14)21-17(15)19(24-2)25-3/h10,16,19H,4-9,11-12H2,1-3H3,(H,20,21)/t16-/m1/s1. The van der Waals surface area contributed by atoms with E-state index in [0.717, 1.165) is 55.9 Å². The lowest BCUT2D eigenvalue weighted by Gasteiger charge is -2.28. The largest absolute Gasteiger partial charge is 0.376 e. The molecule has 1 aromatic heterocycles. The average Bonchev–Trinajstić information content (AvgIpc) is 3.15. The van der Waals surface area contributed by atoms with Gasteiger partial charge >= 0.3 is 0 Å². The molecule has 0 unspecified atom stereocenters. The van der Waals surface area contributed by atoms with Gasteiger partial charge in [-0.2, -0.15) is 0 Å². The number of methoxy groups -OCH3 is 2. The van der Waals surface area contributed by atoms with Crippen molar-refractivity contribution in [1.82, 2.24) is 9.88 Å². The lowest BCUT2D eigenvalue weighted by molar-refractivity contribution is -0.131. The van der Waals surface area contributed by atoms with Crippen molar-refractivity contribution in [2.45, 2.75) is 51.5 Å². The van der Waals surface area contributed by atoms with Crippen LogP contribution < -0.4 is 5.32 Å². The van der Waals surface area contributed by atoms with Gasteiger partial charge in [-0.1, -0.05) is 0 Å². The second-order valence-corrected chi connectivity index (χ2v) is 6.91. The minimum Gasteiger partial charge on any atom is -0.376 e. The summed E-state index contributed by atoms with van der Waals surface area (Å²) < 4.78 is 16.6. The van der Waals surface area contributed by atoms with E-state index in [2.05, 4.69) is 11.4 Å². The number of rotatable bonds is 7. The molecule has 1 saturated heterocycles. The van der Waals surface area contributed by atoms with E-state index in [1.54, 1.807) is 21.1 Å². The minimum absolute atomic E-state index is 0.0358. The Balaban J connectivity index is 1.88. The Morgan fingerprint density at radius 1 is 1.42 bits per heavy atom. The summed E-state index contributed by atoms with van der Waals surface area (Å²) in [4.78, 5) is 18.8. The molecule has 3 heterocycles. The van der Waals surface area contributed by atoms with Crippen molar-refractivity contribution in [2.75, 3.05) is 39.2 Å². The monoisotopic (exact) mass is 363 g/mol. The van der Waals surface area contributed by atoms with Gasteiger partial charge in [0.05, 0.1) is 6.10 Å². The Morgan fingerprint density at radius 2 is 2.23 bits per heavy atom. The summed E-state index contributed by atoms with van der Waals surface area (Å²) in [6, 6.07) is 2.14. The zero-order valence-corrected chi connectivity index (χ0v) is 15.9. The fourth-order valence-electron chi connectivity index (χ4n) is 3.64. The number of aromatic nitrogens is 1. The second kappa shape index (κ2) is 8.79. The third-order valence-corrected chi connectivity index (χ3v) is 5.04. The highest BCUT2D eigenvalue weighted by atomic mass is 16.7. The third kappa shape index (κ3) is 4.34. The van der Waals surface area contributed by atoms with Crippen LogP contribution in [0.4, 0.5) is 5.82 Å². The van der Waals surface area contributed by atoms with Crippen LogP contribution in [0, 0.1) is 0 Å². The number of pyridine rings is 1. The first-order chi connectivity index (χ1) is 12.6. The number of ether oxygens (including phenoxy) is 3. The predicted octanol–water partition coefficient (Wildman–Crippen LogP) is 2.26. The highest BCUT2D eigenvalue weighted by Gasteiger charge is 2.25. The first-order valence-electron chi connectivity index (χ1n) is 9.31. The van der Waals surface area contributed by atoms with Gasteiger partial charge in [-0.3, -0.25) is 4.79 Å². The number of carbonyl (C=O) groups is 1. The van der Waals surface area contributed by atoms with E-state index in [1.807, 2.05) is 4.90 Å². The Morgan fingerprint density at radius 3 is 2.88 bits per heavy atom. The van der Waals surface area contributed by atoms with Crippen LogP contribution in [-0.2, 0) is 32.0 Å². The molecule has 1 N–H and O–H groups in total. The lowest BCUT2D eigenvalue weighted by Crippen LogP contribution is -2.36. The van der Waals surface area contributed by atoms with Gasteiger partial charge in [-0.15, -0.1) is 0 Å². The van der Waals surface area contributed by atoms with Gasteiger partial charge in [0, 0.05) is 47.4 Å². The SMILES string of the molecule is COC(OC)c1nc2c(cc1CN(C[C@H]1CCCO1)C(C)=O)CCCN2. The first-order valence-corrected chi connectivity index (χ1v) is 9.31. The second-order valence-electron chi connectivity index (χ2n) is 6.91. The van der Waals surface area contributed by atoms with Crippen molar-refractivity contribution in [2.24, 2.45) is 0 Å². The number of aryl methyl sites for hydroxylation is 1. The van der Waals surface area contributed by atoms with Crippen molar-refractivity contribution in [1.29, 1.82) is 0 Å². The van der Waals surface area contributed by atoms with Crippen LogP contribution in [-0.4, -0.2) is 55.8 Å². The Bertz CT molecular complexity index is 627. The fraction of sp³-hybridized carbons (Fsp3) is 0.684. The summed E-state index contributed by atoms with van der Waals surface area (Å²) >= 11 is 0. The quantitative estimate of drug-likeness (QED) is 0.749. The van der Waals surface area contributed by atoms with Gasteiger partial charge in [-0.25, -0.2) is 4.98 Å². The maximum Gasteiger partial charge on any atom is 0.219 e. The van der Waals surface area contributed by atoms with Crippen LogP contribution in [0.3, 0.4) is 0 Å². The van der Waals surface area contributed by atoms with Gasteiger partial charge in [0.25, 0.3) is 0 Å². The number of fused-ring (bicyclic) bond motifs is 1. The van der Waals surface area contributed by atoms with Crippen LogP contribution in [0.15, 0.2) is 6.07 Å². The van der Waals surface area contributed by atoms with E-state index in [-0.39, 0.29) is 12.0 Å². The van der Waals surface area contributed by atoms with Crippen molar-refractivity contribution in [3.05, 3.63) is 22.9 Å². The molecule has 144 valence electrons.